The van der Waals surface area contributed by atoms with Crippen LogP contribution in [0.15, 0.2) is 77.3 Å². The lowest BCUT2D eigenvalue weighted by atomic mass is 10.1. The largest absolute Gasteiger partial charge is 0.424 e. The van der Waals surface area contributed by atoms with Crippen LogP contribution in [0, 0.1) is 0 Å². The summed E-state index contributed by atoms with van der Waals surface area (Å²) in [4.78, 5) is 37.9. The van der Waals surface area contributed by atoms with Crippen LogP contribution in [0.2, 0.25) is 0 Å². The second kappa shape index (κ2) is 7.40. The summed E-state index contributed by atoms with van der Waals surface area (Å²) in [6.45, 7) is -0.445. The lowest BCUT2D eigenvalue weighted by Gasteiger charge is -2.14. The molecule has 5 nitrogen and oxygen atoms in total. The van der Waals surface area contributed by atoms with Gasteiger partial charge in [-0.3, -0.25) is 14.5 Å². The van der Waals surface area contributed by atoms with Crippen LogP contribution in [0.25, 0.3) is 11.1 Å². The molecule has 0 fully saturated rings. The molecular formula is C22H14BrNO4. The van der Waals surface area contributed by atoms with Gasteiger partial charge in [0.2, 0.25) is 0 Å². The Morgan fingerprint density at radius 2 is 1.43 bits per heavy atom. The number of amides is 2. The molecular weight excluding hydrogens is 422 g/mol. The van der Waals surface area contributed by atoms with Gasteiger partial charge in [0, 0.05) is 0 Å². The second-order valence-electron chi connectivity index (χ2n) is 6.23. The van der Waals surface area contributed by atoms with Gasteiger partial charge in [-0.1, -0.05) is 48.5 Å². The maximum absolute atomic E-state index is 12.4. The summed E-state index contributed by atoms with van der Waals surface area (Å²) in [5.74, 6) is -1.35. The lowest BCUT2D eigenvalue weighted by molar-refractivity contribution is -0.134. The molecule has 0 radical (unpaired) electrons. The van der Waals surface area contributed by atoms with Crippen molar-refractivity contribution >= 4 is 33.7 Å². The maximum Gasteiger partial charge on any atom is 0.331 e. The van der Waals surface area contributed by atoms with Gasteiger partial charge in [0.1, 0.15) is 12.3 Å². The Hall–Kier alpha value is -3.25. The van der Waals surface area contributed by atoms with Gasteiger partial charge >= 0.3 is 5.97 Å². The Morgan fingerprint density at radius 1 is 0.821 bits per heavy atom. The third kappa shape index (κ3) is 3.34. The predicted molar refractivity (Wildman–Crippen MR) is 107 cm³/mol. The molecule has 0 unspecified atom stereocenters. The third-order valence-electron chi connectivity index (χ3n) is 4.43. The van der Waals surface area contributed by atoms with E-state index in [2.05, 4.69) is 15.9 Å². The van der Waals surface area contributed by atoms with Gasteiger partial charge in [0.05, 0.1) is 15.6 Å². The molecule has 3 aromatic rings. The molecule has 0 bridgehead atoms. The first-order valence-electron chi connectivity index (χ1n) is 8.55. The topological polar surface area (TPSA) is 63.7 Å². The normalized spacial score (nSPS) is 12.8. The van der Waals surface area contributed by atoms with Crippen LogP contribution in [0.5, 0.6) is 5.75 Å². The first-order valence-corrected chi connectivity index (χ1v) is 9.35. The van der Waals surface area contributed by atoms with Crippen LogP contribution in [0.3, 0.4) is 0 Å². The Labute approximate surface area is 169 Å². The number of rotatable bonds is 4. The molecule has 6 heteroatoms. The Morgan fingerprint density at radius 3 is 2.04 bits per heavy atom. The minimum absolute atomic E-state index is 0.300. The summed E-state index contributed by atoms with van der Waals surface area (Å²) in [7, 11) is 0. The zero-order valence-electron chi connectivity index (χ0n) is 14.6. The van der Waals surface area contributed by atoms with Crippen LogP contribution in [0.4, 0.5) is 0 Å². The highest BCUT2D eigenvalue weighted by Crippen LogP contribution is 2.31. The molecule has 0 saturated heterocycles. The second-order valence-corrected chi connectivity index (χ2v) is 7.08. The van der Waals surface area contributed by atoms with E-state index in [4.69, 9.17) is 4.74 Å². The van der Waals surface area contributed by atoms with Crippen LogP contribution in [0.1, 0.15) is 20.7 Å². The molecule has 1 heterocycles. The number of carbonyl (C=O) groups is 3. The van der Waals surface area contributed by atoms with Crippen molar-refractivity contribution in [3.05, 3.63) is 88.4 Å². The van der Waals surface area contributed by atoms with E-state index in [1.165, 1.54) is 0 Å². The van der Waals surface area contributed by atoms with Crippen LogP contribution >= 0.6 is 15.9 Å². The summed E-state index contributed by atoms with van der Waals surface area (Å²) < 4.78 is 5.96. The van der Waals surface area contributed by atoms with Crippen molar-refractivity contribution in [1.82, 2.24) is 4.90 Å². The molecule has 1 aliphatic rings. The van der Waals surface area contributed by atoms with Crippen molar-refractivity contribution in [2.24, 2.45) is 0 Å². The van der Waals surface area contributed by atoms with Crippen LogP contribution in [-0.2, 0) is 4.79 Å². The molecule has 0 aromatic heterocycles. The molecule has 0 spiro atoms. The molecule has 0 saturated carbocycles. The monoisotopic (exact) mass is 435 g/mol. The number of imide groups is 1. The van der Waals surface area contributed by atoms with Crippen molar-refractivity contribution in [1.29, 1.82) is 0 Å². The Kier molecular flexibility index (Phi) is 4.79. The zero-order valence-corrected chi connectivity index (χ0v) is 16.2. The molecule has 28 heavy (non-hydrogen) atoms. The maximum atomic E-state index is 12.4. The van der Waals surface area contributed by atoms with E-state index in [0.717, 1.165) is 16.0 Å². The molecule has 138 valence electrons. The smallest absolute Gasteiger partial charge is 0.331 e. The Balaban J connectivity index is 1.48. The number of benzene rings is 3. The number of fused-ring (bicyclic) bond motifs is 1. The average Bonchev–Trinajstić information content (AvgIpc) is 2.95. The summed E-state index contributed by atoms with van der Waals surface area (Å²) in [5, 5.41) is 0. The van der Waals surface area contributed by atoms with Gasteiger partial charge in [0.15, 0.2) is 0 Å². The van der Waals surface area contributed by atoms with E-state index in [9.17, 15) is 14.4 Å². The van der Waals surface area contributed by atoms with Crippen molar-refractivity contribution in [2.75, 3.05) is 6.54 Å². The molecule has 4 rings (SSSR count). The van der Waals surface area contributed by atoms with Crippen molar-refractivity contribution in [2.45, 2.75) is 0 Å². The van der Waals surface area contributed by atoms with E-state index in [0.29, 0.717) is 21.3 Å². The molecule has 3 aromatic carbocycles. The number of ether oxygens (including phenoxy) is 1. The highest BCUT2D eigenvalue weighted by molar-refractivity contribution is 9.10. The number of nitrogens with zero attached hydrogens (tertiary/aromatic N) is 1. The van der Waals surface area contributed by atoms with E-state index < -0.39 is 24.3 Å². The molecule has 0 aliphatic carbocycles. The molecule has 0 N–H and O–H groups in total. The fourth-order valence-corrected chi connectivity index (χ4v) is 3.52. The number of halogens is 1. The van der Waals surface area contributed by atoms with E-state index in [1.807, 2.05) is 42.5 Å². The summed E-state index contributed by atoms with van der Waals surface area (Å²) in [6, 6.07) is 21.6. The van der Waals surface area contributed by atoms with E-state index in [1.54, 1.807) is 30.3 Å². The van der Waals surface area contributed by atoms with Crippen LogP contribution in [-0.4, -0.2) is 29.2 Å². The van der Waals surface area contributed by atoms with E-state index in [-0.39, 0.29) is 0 Å². The highest BCUT2D eigenvalue weighted by atomic mass is 79.9. The quantitative estimate of drug-likeness (QED) is 0.347. The van der Waals surface area contributed by atoms with Gasteiger partial charge in [-0.05, 0) is 51.3 Å². The van der Waals surface area contributed by atoms with Gasteiger partial charge in [-0.15, -0.1) is 0 Å². The van der Waals surface area contributed by atoms with Crippen molar-refractivity contribution in [3.63, 3.8) is 0 Å². The number of hydrogen-bond acceptors (Lipinski definition) is 4. The minimum Gasteiger partial charge on any atom is -0.424 e. The highest BCUT2D eigenvalue weighted by Gasteiger charge is 2.36. The third-order valence-corrected chi connectivity index (χ3v) is 5.05. The fraction of sp³-hybridized carbons (Fsp3) is 0.0455. The minimum atomic E-state index is -0.692. The first-order chi connectivity index (χ1) is 13.5. The molecule has 2 amide bonds. The van der Waals surface area contributed by atoms with Crippen molar-refractivity contribution in [3.8, 4) is 16.9 Å². The van der Waals surface area contributed by atoms with Crippen molar-refractivity contribution < 1.29 is 19.1 Å². The number of carbonyl (C=O) groups excluding carboxylic acids is 3. The lowest BCUT2D eigenvalue weighted by Crippen LogP contribution is -2.36. The van der Waals surface area contributed by atoms with Crippen LogP contribution < -0.4 is 4.74 Å². The van der Waals surface area contributed by atoms with Gasteiger partial charge < -0.3 is 4.74 Å². The zero-order chi connectivity index (χ0) is 19.7. The molecule has 0 atom stereocenters. The van der Waals surface area contributed by atoms with Gasteiger partial charge in [0.25, 0.3) is 11.8 Å². The summed E-state index contributed by atoms with van der Waals surface area (Å²) in [6.07, 6.45) is 0. The first kappa shape index (κ1) is 18.1. The van der Waals surface area contributed by atoms with Gasteiger partial charge in [-0.25, -0.2) is 4.79 Å². The van der Waals surface area contributed by atoms with E-state index >= 15 is 0 Å². The number of esters is 1. The predicted octanol–water partition coefficient (Wildman–Crippen LogP) is 4.32. The average molecular weight is 436 g/mol. The Bertz CT molecular complexity index is 1060. The standard InChI is InChI=1S/C22H14BrNO4/c23-18-12-15(14-6-2-1-3-7-14)10-11-19(18)28-20(25)13-24-21(26)16-8-4-5-9-17(16)22(24)27/h1-12H,13H2. The number of hydrogen-bond donors (Lipinski definition) is 0. The summed E-state index contributed by atoms with van der Waals surface area (Å²) in [5.41, 5.74) is 2.60. The fourth-order valence-electron chi connectivity index (χ4n) is 3.06. The SMILES string of the molecule is O=C(CN1C(=O)c2ccccc2C1=O)Oc1ccc(-c2ccccc2)cc1Br. The van der Waals surface area contributed by atoms with Gasteiger partial charge in [-0.2, -0.15) is 0 Å². The summed E-state index contributed by atoms with van der Waals surface area (Å²) >= 11 is 3.41. The molecule has 1 aliphatic heterocycles.